The second-order valence-corrected chi connectivity index (χ2v) is 6.55. The Kier molecular flexibility index (Phi) is 5.63. The molecule has 1 aliphatic rings. The number of halogens is 3. The maximum atomic E-state index is 12.3. The number of carbonyl (C=O) groups is 2. The molecule has 0 aromatic heterocycles. The van der Waals surface area contributed by atoms with E-state index in [2.05, 4.69) is 5.32 Å². The summed E-state index contributed by atoms with van der Waals surface area (Å²) in [5.74, 6) is -0.804. The SMILES string of the molecule is O=C(CN1CCSC1=O)Nc1ccccc1SCC(F)(F)F. The quantitative estimate of drug-likeness (QED) is 0.827. The molecule has 1 heterocycles. The zero-order valence-corrected chi connectivity index (χ0v) is 13.0. The second-order valence-electron chi connectivity index (χ2n) is 4.48. The first-order chi connectivity index (χ1) is 10.3. The Bertz CT molecular complexity index is 566. The summed E-state index contributed by atoms with van der Waals surface area (Å²) in [7, 11) is 0. The highest BCUT2D eigenvalue weighted by atomic mass is 32.2. The van der Waals surface area contributed by atoms with Gasteiger partial charge in [0.15, 0.2) is 0 Å². The van der Waals surface area contributed by atoms with E-state index in [0.29, 0.717) is 34.6 Å². The molecule has 22 heavy (non-hydrogen) atoms. The number of para-hydroxylation sites is 1. The lowest BCUT2D eigenvalue weighted by molar-refractivity contribution is -0.116. The second kappa shape index (κ2) is 7.28. The van der Waals surface area contributed by atoms with Crippen LogP contribution in [0.5, 0.6) is 0 Å². The maximum Gasteiger partial charge on any atom is 0.398 e. The summed E-state index contributed by atoms with van der Waals surface area (Å²) in [5.41, 5.74) is 0.320. The molecule has 0 spiro atoms. The Balaban J connectivity index is 1.96. The summed E-state index contributed by atoms with van der Waals surface area (Å²) in [6.07, 6.45) is -4.28. The van der Waals surface area contributed by atoms with Crippen molar-refractivity contribution in [1.29, 1.82) is 0 Å². The van der Waals surface area contributed by atoms with Crippen LogP contribution in [0.15, 0.2) is 29.2 Å². The first kappa shape index (κ1) is 17.0. The molecule has 1 fully saturated rings. The minimum Gasteiger partial charge on any atom is -0.324 e. The van der Waals surface area contributed by atoms with Crippen molar-refractivity contribution in [1.82, 2.24) is 4.90 Å². The summed E-state index contributed by atoms with van der Waals surface area (Å²) in [6.45, 7) is 0.408. The summed E-state index contributed by atoms with van der Waals surface area (Å²) in [6, 6.07) is 6.29. The number of alkyl halides is 3. The van der Waals surface area contributed by atoms with Gasteiger partial charge in [-0.25, -0.2) is 0 Å². The van der Waals surface area contributed by atoms with Crippen LogP contribution in [0, 0.1) is 0 Å². The first-order valence-corrected chi connectivity index (χ1v) is 8.32. The van der Waals surface area contributed by atoms with Crippen LogP contribution in [-0.2, 0) is 4.79 Å². The smallest absolute Gasteiger partial charge is 0.324 e. The topological polar surface area (TPSA) is 49.4 Å². The van der Waals surface area contributed by atoms with Gasteiger partial charge in [0.2, 0.25) is 5.91 Å². The number of hydrogen-bond acceptors (Lipinski definition) is 4. The third-order valence-electron chi connectivity index (χ3n) is 2.73. The Morgan fingerprint density at radius 2 is 2.09 bits per heavy atom. The van der Waals surface area contributed by atoms with Gasteiger partial charge in [-0.2, -0.15) is 13.2 Å². The number of amides is 2. The van der Waals surface area contributed by atoms with Crippen molar-refractivity contribution < 1.29 is 22.8 Å². The van der Waals surface area contributed by atoms with E-state index in [4.69, 9.17) is 0 Å². The van der Waals surface area contributed by atoms with Crippen LogP contribution in [0.3, 0.4) is 0 Å². The Morgan fingerprint density at radius 3 is 2.73 bits per heavy atom. The van der Waals surface area contributed by atoms with Gasteiger partial charge in [0.05, 0.1) is 11.4 Å². The predicted molar refractivity (Wildman–Crippen MR) is 81.3 cm³/mol. The molecule has 1 aromatic rings. The van der Waals surface area contributed by atoms with Crippen molar-refractivity contribution in [3.8, 4) is 0 Å². The number of nitrogens with zero attached hydrogens (tertiary/aromatic N) is 1. The molecule has 0 aliphatic carbocycles. The molecule has 1 N–H and O–H groups in total. The number of nitrogens with one attached hydrogen (secondary N) is 1. The summed E-state index contributed by atoms with van der Waals surface area (Å²) < 4.78 is 36.9. The molecule has 2 rings (SSSR count). The zero-order valence-electron chi connectivity index (χ0n) is 11.4. The van der Waals surface area contributed by atoms with Gasteiger partial charge < -0.3 is 10.2 Å². The van der Waals surface area contributed by atoms with Crippen LogP contribution in [0.4, 0.5) is 23.7 Å². The van der Waals surface area contributed by atoms with Crippen molar-refractivity contribution in [2.24, 2.45) is 0 Å². The maximum absolute atomic E-state index is 12.3. The molecule has 4 nitrogen and oxygen atoms in total. The molecule has 9 heteroatoms. The highest BCUT2D eigenvalue weighted by molar-refractivity contribution is 8.13. The number of carbonyl (C=O) groups excluding carboxylic acids is 2. The van der Waals surface area contributed by atoms with Crippen LogP contribution in [0.2, 0.25) is 0 Å². The number of rotatable bonds is 5. The molecule has 0 saturated carbocycles. The van der Waals surface area contributed by atoms with E-state index in [1.165, 1.54) is 17.0 Å². The van der Waals surface area contributed by atoms with Crippen LogP contribution in [0.1, 0.15) is 0 Å². The van der Waals surface area contributed by atoms with Crippen molar-refractivity contribution in [3.05, 3.63) is 24.3 Å². The molecular weight excluding hydrogens is 337 g/mol. The first-order valence-electron chi connectivity index (χ1n) is 6.35. The highest BCUT2D eigenvalue weighted by Gasteiger charge is 2.28. The molecular formula is C13H13F3N2O2S2. The summed E-state index contributed by atoms with van der Waals surface area (Å²) in [5, 5.41) is 2.41. The molecule has 1 aliphatic heterocycles. The van der Waals surface area contributed by atoms with Crippen molar-refractivity contribution in [2.75, 3.05) is 29.9 Å². The minimum atomic E-state index is -4.28. The van der Waals surface area contributed by atoms with E-state index in [9.17, 15) is 22.8 Å². The molecule has 1 saturated heterocycles. The third-order valence-corrected chi connectivity index (χ3v) is 4.76. The molecule has 0 radical (unpaired) electrons. The van der Waals surface area contributed by atoms with Crippen molar-refractivity contribution in [3.63, 3.8) is 0 Å². The lowest BCUT2D eigenvalue weighted by Crippen LogP contribution is -2.33. The van der Waals surface area contributed by atoms with E-state index in [1.807, 2.05) is 0 Å². The fourth-order valence-corrected chi connectivity index (χ4v) is 3.38. The molecule has 0 bridgehead atoms. The van der Waals surface area contributed by atoms with E-state index in [0.717, 1.165) is 11.8 Å². The Morgan fingerprint density at radius 1 is 1.36 bits per heavy atom. The highest BCUT2D eigenvalue weighted by Crippen LogP contribution is 2.32. The fraction of sp³-hybridized carbons (Fsp3) is 0.385. The normalized spacial score (nSPS) is 15.2. The van der Waals surface area contributed by atoms with Crippen LogP contribution < -0.4 is 5.32 Å². The largest absolute Gasteiger partial charge is 0.398 e. The van der Waals surface area contributed by atoms with Crippen LogP contribution in [0.25, 0.3) is 0 Å². The minimum absolute atomic E-state index is 0.0931. The standard InChI is InChI=1S/C13H13F3N2O2S2/c14-13(15,16)8-22-10-4-2-1-3-9(10)17-11(19)7-18-5-6-21-12(18)20/h1-4H,5-8H2,(H,17,19). The number of anilines is 1. The van der Waals surface area contributed by atoms with Crippen LogP contribution >= 0.6 is 23.5 Å². The molecule has 0 atom stereocenters. The van der Waals surface area contributed by atoms with E-state index < -0.39 is 17.8 Å². The van der Waals surface area contributed by atoms with Crippen LogP contribution in [-0.4, -0.2) is 46.8 Å². The third kappa shape index (κ3) is 5.13. The van der Waals surface area contributed by atoms with Gasteiger partial charge in [0.25, 0.3) is 5.24 Å². The van der Waals surface area contributed by atoms with Gasteiger partial charge >= 0.3 is 6.18 Å². The van der Waals surface area contributed by atoms with Crippen molar-refractivity contribution in [2.45, 2.75) is 11.1 Å². The van der Waals surface area contributed by atoms with Gasteiger partial charge in [0, 0.05) is 17.2 Å². The monoisotopic (exact) mass is 350 g/mol. The average molecular weight is 350 g/mol. The predicted octanol–water partition coefficient (Wildman–Crippen LogP) is 3.45. The van der Waals surface area contributed by atoms with E-state index >= 15 is 0 Å². The summed E-state index contributed by atoms with van der Waals surface area (Å²) >= 11 is 1.76. The summed E-state index contributed by atoms with van der Waals surface area (Å²) in [4.78, 5) is 25.1. The van der Waals surface area contributed by atoms with Crippen molar-refractivity contribution >= 4 is 40.4 Å². The Hall–Kier alpha value is -1.35. The average Bonchev–Trinajstić information content (AvgIpc) is 2.82. The number of thioether (sulfide) groups is 2. The number of benzene rings is 1. The van der Waals surface area contributed by atoms with Gasteiger partial charge in [-0.05, 0) is 12.1 Å². The molecule has 0 unspecified atom stereocenters. The van der Waals surface area contributed by atoms with Gasteiger partial charge in [-0.3, -0.25) is 9.59 Å². The zero-order chi connectivity index (χ0) is 16.2. The van der Waals surface area contributed by atoms with Gasteiger partial charge in [-0.1, -0.05) is 23.9 Å². The number of hydrogen-bond donors (Lipinski definition) is 1. The lowest BCUT2D eigenvalue weighted by atomic mass is 10.3. The molecule has 1 aromatic carbocycles. The lowest BCUT2D eigenvalue weighted by Gasteiger charge is -2.16. The van der Waals surface area contributed by atoms with E-state index in [-0.39, 0.29) is 11.8 Å². The van der Waals surface area contributed by atoms with Gasteiger partial charge in [0.1, 0.15) is 6.54 Å². The molecule has 120 valence electrons. The fourth-order valence-electron chi connectivity index (χ4n) is 1.79. The Labute approximate surface area is 133 Å². The molecule has 2 amide bonds. The van der Waals surface area contributed by atoms with E-state index in [1.54, 1.807) is 12.1 Å². The van der Waals surface area contributed by atoms with Gasteiger partial charge in [-0.15, -0.1) is 11.8 Å².